The predicted octanol–water partition coefficient (Wildman–Crippen LogP) is 5.55. The average Bonchev–Trinajstić information content (AvgIpc) is 3.06. The Bertz CT molecular complexity index is 1070. The first kappa shape index (κ1) is 14.2. The molecular formula is C21H15N3. The maximum absolute atomic E-state index is 7.27. The van der Waals surface area contributed by atoms with Crippen LogP contribution >= 0.6 is 0 Å². The van der Waals surface area contributed by atoms with Crippen molar-refractivity contribution in [1.29, 1.82) is 0 Å². The van der Waals surface area contributed by atoms with E-state index in [4.69, 9.17) is 6.57 Å². The summed E-state index contributed by atoms with van der Waals surface area (Å²) in [6.07, 6.45) is 3.96. The molecule has 0 aliphatic carbocycles. The second kappa shape index (κ2) is 5.68. The Hall–Kier alpha value is -3.38. The quantitative estimate of drug-likeness (QED) is 0.445. The second-order valence-electron chi connectivity index (χ2n) is 5.76. The summed E-state index contributed by atoms with van der Waals surface area (Å²) in [6.45, 7) is 9.23. The van der Waals surface area contributed by atoms with Crippen LogP contribution in [0.25, 0.3) is 32.7 Å². The molecule has 0 spiro atoms. The highest BCUT2D eigenvalue weighted by atomic mass is 15.0. The second-order valence-corrected chi connectivity index (χ2v) is 5.76. The molecule has 0 saturated carbocycles. The maximum Gasteiger partial charge on any atom is 0.190 e. The van der Waals surface area contributed by atoms with E-state index in [1.165, 1.54) is 0 Å². The standard InChI is InChI=1S/C21H15N3/c1-15-8-9-16(12-19(15)22-2)20-13-17-10-11-24(21(17)14-23-20)18-6-4-3-5-7-18/h3-14H,1H3. The minimum atomic E-state index is 0.677. The fourth-order valence-corrected chi connectivity index (χ4v) is 2.89. The lowest BCUT2D eigenvalue weighted by molar-refractivity contribution is 1.12. The molecule has 0 aliphatic rings. The normalized spacial score (nSPS) is 10.7. The molecule has 0 amide bonds. The molecule has 2 aromatic carbocycles. The number of benzene rings is 2. The Morgan fingerprint density at radius 1 is 1.00 bits per heavy atom. The lowest BCUT2D eigenvalue weighted by atomic mass is 10.1. The molecule has 0 unspecified atom stereocenters. The third-order valence-electron chi connectivity index (χ3n) is 4.24. The van der Waals surface area contributed by atoms with E-state index in [9.17, 15) is 0 Å². The van der Waals surface area contributed by atoms with E-state index in [0.717, 1.165) is 33.4 Å². The van der Waals surface area contributed by atoms with Crippen LogP contribution in [0.15, 0.2) is 73.1 Å². The molecule has 0 bridgehead atoms. The first-order valence-electron chi connectivity index (χ1n) is 7.77. The van der Waals surface area contributed by atoms with Crippen LogP contribution in [0.2, 0.25) is 0 Å². The van der Waals surface area contributed by atoms with Gasteiger partial charge >= 0.3 is 0 Å². The van der Waals surface area contributed by atoms with Gasteiger partial charge in [0.15, 0.2) is 5.69 Å². The Morgan fingerprint density at radius 3 is 2.62 bits per heavy atom. The van der Waals surface area contributed by atoms with Gasteiger partial charge in [-0.3, -0.25) is 4.98 Å². The lowest BCUT2D eigenvalue weighted by Crippen LogP contribution is -1.92. The van der Waals surface area contributed by atoms with Gasteiger partial charge in [0.2, 0.25) is 0 Å². The smallest absolute Gasteiger partial charge is 0.190 e. The van der Waals surface area contributed by atoms with E-state index < -0.39 is 0 Å². The van der Waals surface area contributed by atoms with E-state index in [1.807, 2.05) is 49.5 Å². The molecule has 0 atom stereocenters. The zero-order chi connectivity index (χ0) is 16.5. The number of fused-ring (bicyclic) bond motifs is 1. The van der Waals surface area contributed by atoms with Gasteiger partial charge in [0.1, 0.15) is 0 Å². The Balaban J connectivity index is 1.82. The van der Waals surface area contributed by atoms with Crippen molar-refractivity contribution in [2.24, 2.45) is 0 Å². The molecule has 0 aliphatic heterocycles. The van der Waals surface area contributed by atoms with Crippen LogP contribution in [0.1, 0.15) is 5.56 Å². The van der Waals surface area contributed by atoms with Gasteiger partial charge in [-0.15, -0.1) is 0 Å². The number of hydrogen-bond acceptors (Lipinski definition) is 1. The molecule has 24 heavy (non-hydrogen) atoms. The van der Waals surface area contributed by atoms with Crippen molar-refractivity contribution in [3.63, 3.8) is 0 Å². The highest BCUT2D eigenvalue weighted by Crippen LogP contribution is 2.29. The molecule has 0 fully saturated rings. The summed E-state index contributed by atoms with van der Waals surface area (Å²) >= 11 is 0. The largest absolute Gasteiger partial charge is 0.315 e. The first-order chi connectivity index (χ1) is 11.8. The molecule has 4 rings (SSSR count). The molecule has 4 aromatic rings. The summed E-state index contributed by atoms with van der Waals surface area (Å²) in [4.78, 5) is 8.20. The lowest BCUT2D eigenvalue weighted by Gasteiger charge is -2.07. The fourth-order valence-electron chi connectivity index (χ4n) is 2.89. The van der Waals surface area contributed by atoms with Gasteiger partial charge < -0.3 is 4.57 Å². The summed E-state index contributed by atoms with van der Waals surface area (Å²) in [5, 5.41) is 1.13. The minimum Gasteiger partial charge on any atom is -0.315 e. The SMILES string of the molecule is [C-]#[N+]c1cc(-c2cc3ccn(-c4ccccc4)c3cn2)ccc1C. The number of nitrogens with zero attached hydrogens (tertiary/aromatic N) is 3. The predicted molar refractivity (Wildman–Crippen MR) is 97.5 cm³/mol. The van der Waals surface area contributed by atoms with Crippen LogP contribution in [-0.4, -0.2) is 9.55 Å². The molecule has 3 nitrogen and oxygen atoms in total. The zero-order valence-corrected chi connectivity index (χ0v) is 13.3. The minimum absolute atomic E-state index is 0.677. The third-order valence-corrected chi connectivity index (χ3v) is 4.24. The molecule has 0 saturated heterocycles. The molecule has 0 N–H and O–H groups in total. The van der Waals surface area contributed by atoms with Crippen molar-refractivity contribution < 1.29 is 0 Å². The average molecular weight is 309 g/mol. The molecule has 3 heteroatoms. The van der Waals surface area contributed by atoms with E-state index in [2.05, 4.69) is 44.9 Å². The van der Waals surface area contributed by atoms with Crippen molar-refractivity contribution in [3.05, 3.63) is 90.0 Å². The van der Waals surface area contributed by atoms with E-state index >= 15 is 0 Å². The van der Waals surface area contributed by atoms with E-state index in [0.29, 0.717) is 5.69 Å². The van der Waals surface area contributed by atoms with Gasteiger partial charge in [0.05, 0.1) is 24.0 Å². The number of hydrogen-bond donors (Lipinski definition) is 0. The summed E-state index contributed by atoms with van der Waals surface area (Å²) in [7, 11) is 0. The van der Waals surface area contributed by atoms with Crippen LogP contribution in [0.4, 0.5) is 5.69 Å². The van der Waals surface area contributed by atoms with Gasteiger partial charge in [-0.05, 0) is 48.4 Å². The van der Waals surface area contributed by atoms with Gasteiger partial charge in [-0.1, -0.05) is 30.3 Å². The fraction of sp³-hybridized carbons (Fsp3) is 0.0476. The van der Waals surface area contributed by atoms with Crippen molar-refractivity contribution in [2.45, 2.75) is 6.92 Å². The number of rotatable bonds is 2. The zero-order valence-electron chi connectivity index (χ0n) is 13.3. The Morgan fingerprint density at radius 2 is 1.83 bits per heavy atom. The first-order valence-corrected chi connectivity index (χ1v) is 7.77. The molecule has 114 valence electrons. The van der Waals surface area contributed by atoms with Gasteiger partial charge in [-0.2, -0.15) is 0 Å². The number of aromatic nitrogens is 2. The highest BCUT2D eigenvalue weighted by Gasteiger charge is 2.08. The Kier molecular flexibility index (Phi) is 3.36. The Labute approximate surface area is 140 Å². The van der Waals surface area contributed by atoms with Gasteiger partial charge in [-0.25, -0.2) is 4.85 Å². The summed E-state index contributed by atoms with van der Waals surface area (Å²) < 4.78 is 2.13. The van der Waals surface area contributed by atoms with E-state index in [1.54, 1.807) is 0 Å². The van der Waals surface area contributed by atoms with Crippen molar-refractivity contribution in [1.82, 2.24) is 9.55 Å². The molecule has 2 aromatic heterocycles. The third kappa shape index (κ3) is 2.35. The topological polar surface area (TPSA) is 22.2 Å². The van der Waals surface area contributed by atoms with Crippen LogP contribution in [-0.2, 0) is 0 Å². The van der Waals surface area contributed by atoms with Crippen LogP contribution in [0, 0.1) is 13.5 Å². The van der Waals surface area contributed by atoms with Crippen molar-refractivity contribution >= 4 is 16.6 Å². The van der Waals surface area contributed by atoms with E-state index in [-0.39, 0.29) is 0 Å². The number of pyridine rings is 1. The van der Waals surface area contributed by atoms with Crippen molar-refractivity contribution in [2.75, 3.05) is 0 Å². The summed E-state index contributed by atoms with van der Waals surface area (Å²) in [6, 6.07) is 20.3. The maximum atomic E-state index is 7.27. The summed E-state index contributed by atoms with van der Waals surface area (Å²) in [5.41, 5.74) is 5.72. The van der Waals surface area contributed by atoms with Crippen LogP contribution in [0.3, 0.4) is 0 Å². The monoisotopic (exact) mass is 309 g/mol. The molecular weight excluding hydrogens is 294 g/mol. The number of aryl methyl sites for hydroxylation is 1. The van der Waals surface area contributed by atoms with Crippen LogP contribution < -0.4 is 0 Å². The highest BCUT2D eigenvalue weighted by molar-refractivity contribution is 5.85. The molecule has 2 heterocycles. The van der Waals surface area contributed by atoms with Crippen molar-refractivity contribution in [3.8, 4) is 16.9 Å². The van der Waals surface area contributed by atoms with Gasteiger partial charge in [0, 0.05) is 17.3 Å². The molecule has 0 radical (unpaired) electrons. The number of para-hydroxylation sites is 1. The van der Waals surface area contributed by atoms with Crippen LogP contribution in [0.5, 0.6) is 0 Å². The summed E-state index contributed by atoms with van der Waals surface area (Å²) in [5.74, 6) is 0. The van der Waals surface area contributed by atoms with Gasteiger partial charge in [0.25, 0.3) is 0 Å².